The van der Waals surface area contributed by atoms with E-state index >= 15 is 0 Å². The molecule has 0 heterocycles. The van der Waals surface area contributed by atoms with Crippen molar-refractivity contribution in [1.82, 2.24) is 5.43 Å². The molecule has 0 saturated heterocycles. The fourth-order valence-electron chi connectivity index (χ4n) is 2.45. The first kappa shape index (κ1) is 24.7. The highest BCUT2D eigenvalue weighted by molar-refractivity contribution is 9.10. The lowest BCUT2D eigenvalue weighted by Gasteiger charge is -2.08. The Hall–Kier alpha value is -2.91. The molecule has 2 N–H and O–H groups in total. The van der Waals surface area contributed by atoms with E-state index in [0.29, 0.717) is 20.6 Å². The molecule has 2 amide bonds. The van der Waals surface area contributed by atoms with Crippen molar-refractivity contribution in [1.29, 1.82) is 0 Å². The van der Waals surface area contributed by atoms with Crippen LogP contribution in [-0.2, 0) is 9.59 Å². The van der Waals surface area contributed by atoms with E-state index in [1.165, 1.54) is 24.4 Å². The second-order valence-corrected chi connectivity index (χ2v) is 8.47. The average molecular weight is 570 g/mol. The van der Waals surface area contributed by atoms with Gasteiger partial charge in [-0.25, -0.2) is 10.2 Å². The summed E-state index contributed by atoms with van der Waals surface area (Å²) in [5.74, 6) is -2.46. The van der Waals surface area contributed by atoms with Crippen LogP contribution in [0.3, 0.4) is 0 Å². The molecule has 0 atom stereocenters. The summed E-state index contributed by atoms with van der Waals surface area (Å²) in [5.41, 5.74) is 2.94. The monoisotopic (exact) mass is 567 g/mol. The van der Waals surface area contributed by atoms with Gasteiger partial charge in [-0.1, -0.05) is 56.8 Å². The van der Waals surface area contributed by atoms with Gasteiger partial charge in [0.2, 0.25) is 0 Å². The second kappa shape index (κ2) is 11.3. The van der Waals surface area contributed by atoms with Gasteiger partial charge in [0.05, 0.1) is 27.5 Å². The average Bonchev–Trinajstić information content (AvgIpc) is 2.78. The summed E-state index contributed by atoms with van der Waals surface area (Å²) in [7, 11) is 0. The first-order chi connectivity index (χ1) is 15.7. The highest BCUT2D eigenvalue weighted by Crippen LogP contribution is 2.29. The Kier molecular flexibility index (Phi) is 8.46. The highest BCUT2D eigenvalue weighted by Gasteiger charge is 2.16. The number of hydrogen-bond donors (Lipinski definition) is 2. The summed E-state index contributed by atoms with van der Waals surface area (Å²) in [5, 5.41) is 6.92. The fourth-order valence-corrected chi connectivity index (χ4v) is 3.30. The van der Waals surface area contributed by atoms with Gasteiger partial charge in [0.15, 0.2) is 0 Å². The van der Waals surface area contributed by atoms with Crippen LogP contribution >= 0.6 is 50.7 Å². The van der Waals surface area contributed by atoms with Gasteiger partial charge >= 0.3 is 17.8 Å². The van der Waals surface area contributed by atoms with Crippen molar-refractivity contribution >= 4 is 80.4 Å². The van der Waals surface area contributed by atoms with E-state index in [4.69, 9.17) is 39.5 Å². The maximum atomic E-state index is 12.4. The number of rotatable bonds is 5. The molecule has 0 aliphatic heterocycles. The molecule has 0 aromatic heterocycles. The lowest BCUT2D eigenvalue weighted by molar-refractivity contribution is -0.136. The van der Waals surface area contributed by atoms with Gasteiger partial charge in [-0.05, 0) is 54.6 Å². The van der Waals surface area contributed by atoms with Crippen LogP contribution in [0.4, 0.5) is 5.69 Å². The Labute approximate surface area is 211 Å². The molecule has 0 saturated carbocycles. The van der Waals surface area contributed by atoms with Crippen molar-refractivity contribution < 1.29 is 19.1 Å². The molecule has 0 fully saturated rings. The Morgan fingerprint density at radius 3 is 2.39 bits per heavy atom. The number of nitrogens with zero attached hydrogens (tertiary/aromatic N) is 1. The molecule has 3 aromatic carbocycles. The van der Waals surface area contributed by atoms with E-state index < -0.39 is 17.8 Å². The molecule has 0 unspecified atom stereocenters. The number of amides is 2. The first-order valence-corrected chi connectivity index (χ1v) is 11.0. The molecular formula is C22H13BrCl3N3O4. The predicted molar refractivity (Wildman–Crippen MR) is 131 cm³/mol. The summed E-state index contributed by atoms with van der Waals surface area (Å²) < 4.78 is 6.10. The lowest BCUT2D eigenvalue weighted by Crippen LogP contribution is -2.32. The SMILES string of the molecule is O=C(NN=Cc1cc(Br)ccc1OC(=O)c1ccc(Cl)cc1)C(=O)Nc1cccc(Cl)c1Cl. The number of anilines is 1. The van der Waals surface area contributed by atoms with Crippen molar-refractivity contribution in [3.8, 4) is 5.75 Å². The number of nitrogens with one attached hydrogen (secondary N) is 2. The van der Waals surface area contributed by atoms with Crippen LogP contribution in [0.15, 0.2) is 70.2 Å². The van der Waals surface area contributed by atoms with Gasteiger partial charge < -0.3 is 10.1 Å². The van der Waals surface area contributed by atoms with Crippen LogP contribution in [-0.4, -0.2) is 24.0 Å². The number of hydrazone groups is 1. The number of carbonyl (C=O) groups is 3. The molecule has 11 heteroatoms. The van der Waals surface area contributed by atoms with Crippen molar-refractivity contribution in [2.45, 2.75) is 0 Å². The Morgan fingerprint density at radius 2 is 1.67 bits per heavy atom. The minimum atomic E-state index is -1.04. The fraction of sp³-hybridized carbons (Fsp3) is 0. The van der Waals surface area contributed by atoms with E-state index in [1.54, 1.807) is 42.5 Å². The predicted octanol–water partition coefficient (Wildman–Crippen LogP) is 5.72. The van der Waals surface area contributed by atoms with Gasteiger partial charge in [0.1, 0.15) is 5.75 Å². The molecule has 0 spiro atoms. The Bertz CT molecular complexity index is 1250. The zero-order valence-electron chi connectivity index (χ0n) is 16.4. The topological polar surface area (TPSA) is 96.9 Å². The smallest absolute Gasteiger partial charge is 0.343 e. The van der Waals surface area contributed by atoms with Gasteiger partial charge in [-0.15, -0.1) is 0 Å². The largest absolute Gasteiger partial charge is 0.422 e. The Morgan fingerprint density at radius 1 is 0.939 bits per heavy atom. The second-order valence-electron chi connectivity index (χ2n) is 6.33. The van der Waals surface area contributed by atoms with E-state index in [2.05, 4.69) is 31.8 Å². The van der Waals surface area contributed by atoms with Gasteiger partial charge in [-0.3, -0.25) is 9.59 Å². The molecule has 0 aliphatic carbocycles. The minimum Gasteiger partial charge on any atom is -0.422 e. The summed E-state index contributed by atoms with van der Waals surface area (Å²) in [6.45, 7) is 0. The number of benzene rings is 3. The van der Waals surface area contributed by atoms with Crippen LogP contribution in [0.5, 0.6) is 5.75 Å². The van der Waals surface area contributed by atoms with Crippen LogP contribution in [0, 0.1) is 0 Å². The normalized spacial score (nSPS) is 10.7. The summed E-state index contributed by atoms with van der Waals surface area (Å²) in [6, 6.07) is 15.6. The number of hydrogen-bond acceptors (Lipinski definition) is 5. The number of carbonyl (C=O) groups excluding carboxylic acids is 3. The van der Waals surface area contributed by atoms with Crippen molar-refractivity contribution in [3.05, 3.63) is 91.3 Å². The molecule has 33 heavy (non-hydrogen) atoms. The highest BCUT2D eigenvalue weighted by atomic mass is 79.9. The Balaban J connectivity index is 1.67. The zero-order valence-corrected chi connectivity index (χ0v) is 20.3. The van der Waals surface area contributed by atoms with Crippen molar-refractivity contribution in [2.75, 3.05) is 5.32 Å². The van der Waals surface area contributed by atoms with Crippen LogP contribution in [0.2, 0.25) is 15.1 Å². The minimum absolute atomic E-state index is 0.102. The number of halogens is 4. The molecule has 168 valence electrons. The van der Waals surface area contributed by atoms with E-state index in [0.717, 1.165) is 0 Å². The molecule has 0 aliphatic rings. The molecule has 0 bridgehead atoms. The van der Waals surface area contributed by atoms with Crippen LogP contribution < -0.4 is 15.5 Å². The maximum Gasteiger partial charge on any atom is 0.343 e. The zero-order chi connectivity index (χ0) is 24.0. The van der Waals surface area contributed by atoms with Crippen molar-refractivity contribution in [3.63, 3.8) is 0 Å². The van der Waals surface area contributed by atoms with Crippen molar-refractivity contribution in [2.24, 2.45) is 5.10 Å². The molecule has 7 nitrogen and oxygen atoms in total. The van der Waals surface area contributed by atoms with E-state index in [9.17, 15) is 14.4 Å². The van der Waals surface area contributed by atoms with E-state index in [1.807, 2.05) is 0 Å². The van der Waals surface area contributed by atoms with Gasteiger partial charge in [0.25, 0.3) is 0 Å². The molecular weight excluding hydrogens is 557 g/mol. The molecule has 3 aromatic rings. The summed E-state index contributed by atoms with van der Waals surface area (Å²) in [4.78, 5) is 36.5. The quantitative estimate of drug-likeness (QED) is 0.135. The van der Waals surface area contributed by atoms with Crippen LogP contribution in [0.25, 0.3) is 0 Å². The lowest BCUT2D eigenvalue weighted by atomic mass is 10.2. The van der Waals surface area contributed by atoms with Crippen LogP contribution in [0.1, 0.15) is 15.9 Å². The standard InChI is InChI=1S/C22H13BrCl3N3O4/c23-14-6-9-18(33-22(32)12-4-7-15(24)8-5-12)13(10-14)11-27-29-21(31)20(30)28-17-3-1-2-16(25)19(17)26/h1-11H,(H,28,30)(H,29,31). The maximum absolute atomic E-state index is 12.4. The molecule has 0 radical (unpaired) electrons. The third kappa shape index (κ3) is 6.79. The summed E-state index contributed by atoms with van der Waals surface area (Å²) >= 11 is 21.0. The summed E-state index contributed by atoms with van der Waals surface area (Å²) in [6.07, 6.45) is 1.23. The molecule has 3 rings (SSSR count). The van der Waals surface area contributed by atoms with E-state index in [-0.39, 0.29) is 21.5 Å². The number of ether oxygens (including phenoxy) is 1. The third-order valence-corrected chi connectivity index (χ3v) is 5.59. The third-order valence-electron chi connectivity index (χ3n) is 4.03. The van der Waals surface area contributed by atoms with Gasteiger partial charge in [0, 0.05) is 15.1 Å². The number of esters is 1. The van der Waals surface area contributed by atoms with Gasteiger partial charge in [-0.2, -0.15) is 5.10 Å². The first-order valence-electron chi connectivity index (χ1n) is 9.10.